The van der Waals surface area contributed by atoms with Crippen LogP contribution in [-0.2, 0) is 21.4 Å². The third-order valence-corrected chi connectivity index (χ3v) is 7.11. The number of para-hydroxylation sites is 1. The van der Waals surface area contributed by atoms with E-state index in [2.05, 4.69) is 5.32 Å². The van der Waals surface area contributed by atoms with E-state index in [-0.39, 0.29) is 35.9 Å². The normalized spacial score (nSPS) is 16.1. The molecule has 0 saturated carbocycles. The van der Waals surface area contributed by atoms with Crippen molar-refractivity contribution < 1.29 is 14.4 Å². The molecule has 1 atom stereocenters. The van der Waals surface area contributed by atoms with Crippen LogP contribution in [0.25, 0.3) is 10.2 Å². The predicted octanol–water partition coefficient (Wildman–Crippen LogP) is 3.61. The van der Waals surface area contributed by atoms with Crippen LogP contribution in [0.3, 0.4) is 0 Å². The number of thioether (sulfide) groups is 1. The molecule has 30 heavy (non-hydrogen) atoms. The summed E-state index contributed by atoms with van der Waals surface area (Å²) in [6, 6.07) is 17.6. The van der Waals surface area contributed by atoms with Gasteiger partial charge in [-0.3, -0.25) is 19.3 Å². The minimum absolute atomic E-state index is 0.153. The summed E-state index contributed by atoms with van der Waals surface area (Å²) in [6.45, 7) is 2.31. The molecule has 154 valence electrons. The third kappa shape index (κ3) is 4.11. The average Bonchev–Trinajstić information content (AvgIpc) is 3.31. The zero-order valence-corrected chi connectivity index (χ0v) is 18.1. The van der Waals surface area contributed by atoms with Gasteiger partial charge < -0.3 is 5.32 Å². The first-order chi connectivity index (χ1) is 14.5. The van der Waals surface area contributed by atoms with Gasteiger partial charge in [0.05, 0.1) is 26.4 Å². The van der Waals surface area contributed by atoms with Gasteiger partial charge in [0.25, 0.3) is 5.24 Å². The van der Waals surface area contributed by atoms with E-state index in [1.807, 2.05) is 61.5 Å². The van der Waals surface area contributed by atoms with Gasteiger partial charge in [-0.15, -0.1) is 11.3 Å². The highest BCUT2D eigenvalue weighted by atomic mass is 32.2. The Morgan fingerprint density at radius 1 is 1.13 bits per heavy atom. The number of nitrogens with zero attached hydrogens (tertiary/aromatic N) is 2. The first-order valence-electron chi connectivity index (χ1n) is 9.63. The Morgan fingerprint density at radius 2 is 1.87 bits per heavy atom. The lowest BCUT2D eigenvalue weighted by Gasteiger charge is -2.28. The quantitative estimate of drug-likeness (QED) is 0.608. The Hall–Kier alpha value is -2.71. The lowest BCUT2D eigenvalue weighted by atomic mass is 9.78. The van der Waals surface area contributed by atoms with Crippen molar-refractivity contribution in [3.63, 3.8) is 0 Å². The molecule has 1 aromatic heterocycles. The molecule has 4 rings (SSSR count). The molecular formula is C22H21N3O3S2. The predicted molar refractivity (Wildman–Crippen MR) is 120 cm³/mol. The first-order valence-corrected chi connectivity index (χ1v) is 11.4. The monoisotopic (exact) mass is 439 g/mol. The number of aromatic nitrogens is 1. The van der Waals surface area contributed by atoms with Crippen molar-refractivity contribution in [1.82, 2.24) is 15.2 Å². The molecule has 3 aromatic rings. The van der Waals surface area contributed by atoms with Gasteiger partial charge in [-0.2, -0.15) is 0 Å². The molecule has 0 radical (unpaired) electrons. The maximum Gasteiger partial charge on any atom is 0.288 e. The Balaban J connectivity index is 1.53. The van der Waals surface area contributed by atoms with Gasteiger partial charge in [0.1, 0.15) is 0 Å². The number of carbonyl (C=O) groups is 3. The molecule has 1 aliphatic heterocycles. The molecule has 1 N–H and O–H groups in total. The van der Waals surface area contributed by atoms with E-state index in [1.54, 1.807) is 11.3 Å². The van der Waals surface area contributed by atoms with E-state index in [0.717, 1.165) is 32.5 Å². The molecule has 1 aliphatic rings. The number of imide groups is 1. The van der Waals surface area contributed by atoms with E-state index in [0.29, 0.717) is 6.42 Å². The van der Waals surface area contributed by atoms with Crippen molar-refractivity contribution in [3.8, 4) is 0 Å². The summed E-state index contributed by atoms with van der Waals surface area (Å²) >= 11 is 2.59. The first kappa shape index (κ1) is 20.6. The van der Waals surface area contributed by atoms with E-state index in [9.17, 15) is 14.4 Å². The van der Waals surface area contributed by atoms with Crippen LogP contribution in [-0.4, -0.2) is 45.8 Å². The molecule has 1 saturated heterocycles. The number of benzene rings is 2. The van der Waals surface area contributed by atoms with E-state index >= 15 is 0 Å². The molecule has 3 amide bonds. The van der Waals surface area contributed by atoms with Crippen molar-refractivity contribution in [2.75, 3.05) is 18.8 Å². The van der Waals surface area contributed by atoms with Gasteiger partial charge in [-0.05, 0) is 24.6 Å². The van der Waals surface area contributed by atoms with Gasteiger partial charge in [-0.1, -0.05) is 54.2 Å². The molecule has 1 unspecified atom stereocenters. The Kier molecular flexibility index (Phi) is 5.87. The Morgan fingerprint density at radius 3 is 2.57 bits per heavy atom. The average molecular weight is 440 g/mol. The van der Waals surface area contributed by atoms with Gasteiger partial charge in [0.15, 0.2) is 0 Å². The van der Waals surface area contributed by atoms with Crippen LogP contribution in [0.5, 0.6) is 0 Å². The summed E-state index contributed by atoms with van der Waals surface area (Å²) in [5.41, 5.74) is 0.991. The number of amides is 3. The third-order valence-electron chi connectivity index (χ3n) is 5.22. The van der Waals surface area contributed by atoms with E-state index in [1.165, 1.54) is 4.90 Å². The zero-order chi connectivity index (χ0) is 21.1. The number of thiazole rings is 1. The van der Waals surface area contributed by atoms with Crippen LogP contribution in [0.1, 0.15) is 17.5 Å². The largest absolute Gasteiger partial charge is 0.354 e. The van der Waals surface area contributed by atoms with Crippen LogP contribution >= 0.6 is 23.1 Å². The molecule has 0 bridgehead atoms. The summed E-state index contributed by atoms with van der Waals surface area (Å²) in [5, 5.41) is 3.56. The van der Waals surface area contributed by atoms with Gasteiger partial charge in [0, 0.05) is 19.5 Å². The van der Waals surface area contributed by atoms with Crippen LogP contribution in [0.2, 0.25) is 0 Å². The van der Waals surface area contributed by atoms with Crippen LogP contribution < -0.4 is 5.32 Å². The minimum Gasteiger partial charge on any atom is -0.354 e. The molecule has 0 aliphatic carbocycles. The number of hydrogen-bond acceptors (Lipinski definition) is 6. The summed E-state index contributed by atoms with van der Waals surface area (Å²) in [5.74, 6) is -0.189. The highest BCUT2D eigenvalue weighted by Gasteiger charge is 2.37. The van der Waals surface area contributed by atoms with E-state index < -0.39 is 5.41 Å². The number of carbonyl (C=O) groups excluding carboxylic acids is 3. The lowest BCUT2D eigenvalue weighted by Crippen LogP contribution is -2.46. The van der Waals surface area contributed by atoms with Gasteiger partial charge in [-0.25, -0.2) is 4.98 Å². The van der Waals surface area contributed by atoms with Crippen molar-refractivity contribution >= 4 is 50.4 Å². The topological polar surface area (TPSA) is 79.4 Å². The highest BCUT2D eigenvalue weighted by Crippen LogP contribution is 2.32. The van der Waals surface area contributed by atoms with Crippen LogP contribution in [0.15, 0.2) is 54.6 Å². The second-order valence-corrected chi connectivity index (χ2v) is 9.35. The maximum absolute atomic E-state index is 13.3. The van der Waals surface area contributed by atoms with Crippen molar-refractivity contribution in [3.05, 3.63) is 65.2 Å². The Bertz CT molecular complexity index is 1050. The van der Waals surface area contributed by atoms with Crippen LogP contribution in [0.4, 0.5) is 4.79 Å². The number of fused-ring (bicyclic) bond motifs is 1. The number of hydrogen-bond donors (Lipinski definition) is 1. The summed E-state index contributed by atoms with van der Waals surface area (Å²) in [6.07, 6.45) is 0.458. The van der Waals surface area contributed by atoms with Gasteiger partial charge in [0.2, 0.25) is 11.8 Å². The SMILES string of the molecule is CC(Cc1nc2ccccc2s1)(C(=O)NCCN1C(=O)CSC1=O)c1ccccc1. The summed E-state index contributed by atoms with van der Waals surface area (Å²) < 4.78 is 1.09. The second kappa shape index (κ2) is 8.57. The standard InChI is InChI=1S/C22H21N3O3S2/c1-22(15-7-3-2-4-8-15,13-18-24-16-9-5-6-10-17(16)30-18)20(27)23-11-12-25-19(26)14-29-21(25)28/h2-10H,11-14H2,1H3,(H,23,27). The number of nitrogens with one attached hydrogen (secondary N) is 1. The van der Waals surface area contributed by atoms with Crippen molar-refractivity contribution in [2.24, 2.45) is 0 Å². The highest BCUT2D eigenvalue weighted by molar-refractivity contribution is 8.14. The van der Waals surface area contributed by atoms with Crippen molar-refractivity contribution in [1.29, 1.82) is 0 Å². The van der Waals surface area contributed by atoms with Crippen LogP contribution in [0, 0.1) is 0 Å². The summed E-state index contributed by atoms with van der Waals surface area (Å²) in [7, 11) is 0. The smallest absolute Gasteiger partial charge is 0.288 e. The zero-order valence-electron chi connectivity index (χ0n) is 16.5. The molecule has 8 heteroatoms. The molecule has 0 spiro atoms. The van der Waals surface area contributed by atoms with Crippen molar-refractivity contribution in [2.45, 2.75) is 18.8 Å². The fraction of sp³-hybridized carbons (Fsp3) is 0.273. The molecule has 6 nitrogen and oxygen atoms in total. The molecular weight excluding hydrogens is 418 g/mol. The molecule has 1 fully saturated rings. The summed E-state index contributed by atoms with van der Waals surface area (Å²) in [4.78, 5) is 42.7. The minimum atomic E-state index is -0.830. The second-order valence-electron chi connectivity index (χ2n) is 7.31. The molecule has 2 heterocycles. The number of rotatable bonds is 7. The fourth-order valence-electron chi connectivity index (χ4n) is 3.49. The lowest BCUT2D eigenvalue weighted by molar-refractivity contribution is -0.127. The maximum atomic E-state index is 13.3. The Labute approximate surface area is 182 Å². The van der Waals surface area contributed by atoms with Gasteiger partial charge >= 0.3 is 0 Å². The molecule has 2 aromatic carbocycles. The van der Waals surface area contributed by atoms with E-state index in [4.69, 9.17) is 4.98 Å². The fourth-order valence-corrected chi connectivity index (χ4v) is 5.37.